The number of aldehydes is 1. The lowest BCUT2D eigenvalue weighted by Crippen LogP contribution is -2.46. The van der Waals surface area contributed by atoms with Crippen LogP contribution in [0, 0.1) is 0 Å². The third kappa shape index (κ3) is 23.6. The van der Waals surface area contributed by atoms with Gasteiger partial charge in [-0.15, -0.1) is 0 Å². The largest absolute Gasteiger partial charge is 0.481 e. The van der Waals surface area contributed by atoms with Crippen molar-refractivity contribution in [2.24, 2.45) is 0 Å². The number of hydrogen-bond acceptors (Lipinski definition) is 18. The van der Waals surface area contributed by atoms with Gasteiger partial charge < -0.3 is 91.6 Å². The molecule has 0 heterocycles. The van der Waals surface area contributed by atoms with E-state index in [4.69, 9.17) is 86.8 Å². The molecule has 0 aromatic rings. The van der Waals surface area contributed by atoms with E-state index in [0.29, 0.717) is 0 Å². The van der Waals surface area contributed by atoms with Crippen LogP contribution in [-0.2, 0) is 47.9 Å². The zero-order chi connectivity index (χ0) is 41.7. The van der Waals surface area contributed by atoms with Crippen LogP contribution in [0.15, 0.2) is 0 Å². The molecule has 0 spiro atoms. The predicted octanol–water partition coefficient (Wildman–Crippen LogP) is -7.12. The molecular weight excluding hydrogens is 720 g/mol. The van der Waals surface area contributed by atoms with Gasteiger partial charge in [-0.05, 0) is 0 Å². The van der Waals surface area contributed by atoms with E-state index >= 15 is 0 Å². The Morgan fingerprint density at radius 2 is 0.627 bits per heavy atom. The highest BCUT2D eigenvalue weighted by atomic mass is 16.4. The Balaban J connectivity index is -0.000000289. The van der Waals surface area contributed by atoms with E-state index in [1.165, 1.54) is 0 Å². The van der Waals surface area contributed by atoms with Crippen LogP contribution < -0.4 is 0 Å². The minimum absolute atomic E-state index is 0.0258. The predicted molar refractivity (Wildman–Crippen MR) is 148 cm³/mol. The highest BCUT2D eigenvalue weighted by molar-refractivity contribution is 5.89. The molecule has 0 unspecified atom stereocenters. The van der Waals surface area contributed by atoms with Crippen molar-refractivity contribution in [1.82, 2.24) is 0 Å². The molecule has 4 atom stereocenters. The van der Waals surface area contributed by atoms with Gasteiger partial charge in [-0.25, -0.2) is 14.4 Å². The van der Waals surface area contributed by atoms with E-state index < -0.39 is 140 Å². The van der Waals surface area contributed by atoms with Gasteiger partial charge in [-0.2, -0.15) is 0 Å². The number of rotatable bonds is 20. The van der Waals surface area contributed by atoms with Crippen LogP contribution >= 0.6 is 0 Å². The second-order valence-corrected chi connectivity index (χ2v) is 9.79. The Hall–Kier alpha value is -5.42. The van der Waals surface area contributed by atoms with Gasteiger partial charge >= 0.3 is 53.7 Å². The summed E-state index contributed by atoms with van der Waals surface area (Å²) < 4.78 is 0. The molecule has 0 bridgehead atoms. The number of hydrogen-bond donors (Lipinski definition) is 17. The summed E-state index contributed by atoms with van der Waals surface area (Å²) in [7, 11) is 0. The summed E-state index contributed by atoms with van der Waals surface area (Å²) in [5.74, 6) is -15.1. The van der Waals surface area contributed by atoms with E-state index in [9.17, 15) is 47.9 Å². The Kier molecular flexibility index (Phi) is 24.5. The minimum Gasteiger partial charge on any atom is -0.481 e. The standard InChI is InChI=1S/3C6H8O7.C6H12O6/c3*7-3(8)1-6(13,5(11)12)2-4(9)10;7-1-3(9)5(11)6(12)4(10)2-8/h3*13H,1-2H2,(H,7,8)(H,9,10)(H,11,12);1,3-6,8-12H,2H2/t;;;3-,4+,5+,6+/m...0/s1. The zero-order valence-corrected chi connectivity index (χ0v) is 25.5. The summed E-state index contributed by atoms with van der Waals surface area (Å²) in [6.07, 6.45) is -13.7. The molecular formula is C24H36O27. The molecule has 0 aromatic heterocycles. The van der Waals surface area contributed by atoms with Crippen molar-refractivity contribution in [2.75, 3.05) is 6.61 Å². The van der Waals surface area contributed by atoms with Gasteiger partial charge in [0.2, 0.25) is 0 Å². The summed E-state index contributed by atoms with van der Waals surface area (Å²) in [5.41, 5.74) is -8.22. The Morgan fingerprint density at radius 3 is 0.745 bits per heavy atom. The number of aliphatic carboxylic acids is 9. The van der Waals surface area contributed by atoms with Gasteiger partial charge in [0, 0.05) is 0 Å². The van der Waals surface area contributed by atoms with Gasteiger partial charge in [0.15, 0.2) is 23.1 Å². The quantitative estimate of drug-likeness (QED) is 0.0513. The lowest BCUT2D eigenvalue weighted by molar-refractivity contribution is -0.170. The van der Waals surface area contributed by atoms with Crippen LogP contribution in [0.2, 0.25) is 0 Å². The van der Waals surface area contributed by atoms with Gasteiger partial charge in [0.05, 0.1) is 45.1 Å². The molecule has 0 saturated heterocycles. The molecule has 0 saturated carbocycles. The topological polar surface area (TPSA) is 515 Å². The van der Waals surface area contributed by atoms with Gasteiger partial charge in [-0.3, -0.25) is 28.8 Å². The van der Waals surface area contributed by atoms with Crippen LogP contribution in [0.3, 0.4) is 0 Å². The number of aliphatic hydroxyl groups is 8. The van der Waals surface area contributed by atoms with Gasteiger partial charge in [0.1, 0.15) is 24.4 Å². The molecule has 0 aliphatic carbocycles. The fourth-order valence-corrected chi connectivity index (χ4v) is 2.76. The lowest BCUT2D eigenvalue weighted by atomic mass is 9.96. The Morgan fingerprint density at radius 1 is 0.431 bits per heavy atom. The molecule has 0 radical (unpaired) electrons. The fraction of sp³-hybridized carbons (Fsp3) is 0.583. The molecule has 0 rings (SSSR count). The first kappa shape index (κ1) is 52.4. The molecule has 0 aliphatic heterocycles. The van der Waals surface area contributed by atoms with E-state index in [1.54, 1.807) is 0 Å². The van der Waals surface area contributed by atoms with E-state index in [0.717, 1.165) is 0 Å². The average molecular weight is 757 g/mol. The number of carbonyl (C=O) groups excluding carboxylic acids is 1. The van der Waals surface area contributed by atoms with Crippen molar-refractivity contribution in [1.29, 1.82) is 0 Å². The summed E-state index contributed by atoms with van der Waals surface area (Å²) in [6.45, 7) is -0.760. The van der Waals surface area contributed by atoms with Gasteiger partial charge in [-0.1, -0.05) is 0 Å². The maximum atomic E-state index is 10.3. The molecule has 0 aliphatic rings. The third-order valence-corrected chi connectivity index (χ3v) is 5.28. The minimum atomic E-state index is -2.74. The van der Waals surface area contributed by atoms with Crippen LogP contribution in [0.4, 0.5) is 0 Å². The van der Waals surface area contributed by atoms with E-state index in [-0.39, 0.29) is 6.29 Å². The van der Waals surface area contributed by atoms with Crippen LogP contribution in [0.1, 0.15) is 38.5 Å². The number of carboxylic acids is 9. The van der Waals surface area contributed by atoms with Crippen molar-refractivity contribution in [2.45, 2.75) is 79.7 Å². The molecule has 0 fully saturated rings. The lowest BCUT2D eigenvalue weighted by Gasteiger charge is -2.22. The summed E-state index contributed by atoms with van der Waals surface area (Å²) in [5, 5.41) is 145. The SMILES string of the molecule is O=C(O)CC(O)(CC(=O)O)C(=O)O.O=C(O)CC(O)(CC(=O)O)C(=O)O.O=C(O)CC(O)(CC(=O)O)C(=O)O.O=C[C@H](O)[C@@H](O)[C@H](O)[C@H](O)CO. The van der Waals surface area contributed by atoms with Crippen LogP contribution in [0.25, 0.3) is 0 Å². The average Bonchev–Trinajstić information content (AvgIpc) is 2.93. The molecule has 0 aromatic carbocycles. The molecule has 0 amide bonds. The summed E-state index contributed by atoms with van der Waals surface area (Å²) in [6, 6.07) is 0. The van der Waals surface area contributed by atoms with E-state index in [1.807, 2.05) is 0 Å². The second kappa shape index (κ2) is 23.9. The highest BCUT2D eigenvalue weighted by Gasteiger charge is 2.42. The summed E-state index contributed by atoms with van der Waals surface area (Å²) >= 11 is 0. The zero-order valence-electron chi connectivity index (χ0n) is 25.5. The molecule has 27 nitrogen and oxygen atoms in total. The summed E-state index contributed by atoms with van der Waals surface area (Å²) in [4.78, 5) is 101. The number of aliphatic hydroxyl groups excluding tert-OH is 5. The normalized spacial score (nSPS) is 13.3. The van der Waals surface area contributed by atoms with Gasteiger partial charge in [0.25, 0.3) is 0 Å². The van der Waals surface area contributed by atoms with Crippen molar-refractivity contribution >= 4 is 60.0 Å². The molecule has 51 heavy (non-hydrogen) atoms. The smallest absolute Gasteiger partial charge is 0.336 e. The monoisotopic (exact) mass is 756 g/mol. The maximum absolute atomic E-state index is 10.3. The van der Waals surface area contributed by atoms with Crippen molar-refractivity contribution < 1.29 is 135 Å². The fourth-order valence-electron chi connectivity index (χ4n) is 2.76. The second-order valence-electron chi connectivity index (χ2n) is 9.79. The van der Waals surface area contributed by atoms with Crippen molar-refractivity contribution in [3.63, 3.8) is 0 Å². The first-order valence-electron chi connectivity index (χ1n) is 12.8. The first-order chi connectivity index (χ1) is 22.9. The maximum Gasteiger partial charge on any atom is 0.336 e. The van der Waals surface area contributed by atoms with Crippen LogP contribution in [0.5, 0.6) is 0 Å². The Labute approximate surface area is 281 Å². The van der Waals surface area contributed by atoms with Crippen molar-refractivity contribution in [3.05, 3.63) is 0 Å². The first-order valence-corrected chi connectivity index (χ1v) is 12.8. The molecule has 17 N–H and O–H groups in total. The molecule has 294 valence electrons. The highest BCUT2D eigenvalue weighted by Crippen LogP contribution is 2.17. The number of carboxylic acid groups (broad SMARTS) is 9. The Bertz CT molecular complexity index is 1070. The van der Waals surface area contributed by atoms with E-state index in [2.05, 4.69) is 0 Å². The van der Waals surface area contributed by atoms with Crippen LogP contribution in [-0.4, -0.2) is 195 Å². The third-order valence-electron chi connectivity index (χ3n) is 5.28. The molecule has 27 heteroatoms. The van der Waals surface area contributed by atoms with Crippen molar-refractivity contribution in [3.8, 4) is 0 Å². The number of carbonyl (C=O) groups is 10.